The van der Waals surface area contributed by atoms with Crippen LogP contribution in [0.15, 0.2) is 23.2 Å². The fourth-order valence-electron chi connectivity index (χ4n) is 3.38. The topological polar surface area (TPSA) is 40.1 Å². The van der Waals surface area contributed by atoms with Crippen LogP contribution in [0.2, 0.25) is 0 Å². The first-order valence-corrected chi connectivity index (χ1v) is 9.76. The summed E-state index contributed by atoms with van der Waals surface area (Å²) in [5, 5.41) is 3.43. The Kier molecular flexibility index (Phi) is 9.20. The third-order valence-electron chi connectivity index (χ3n) is 5.30. The number of aliphatic imine (C=N–C) groups is 1. The molecule has 0 aromatic heterocycles. The van der Waals surface area contributed by atoms with Gasteiger partial charge in [0, 0.05) is 58.6 Å². The molecule has 0 spiro atoms. The van der Waals surface area contributed by atoms with E-state index in [1.165, 1.54) is 25.0 Å². The number of ether oxygens (including phenoxy) is 1. The molecule has 1 aliphatic heterocycles. The van der Waals surface area contributed by atoms with Crippen LogP contribution in [-0.4, -0.2) is 64.3 Å². The third kappa shape index (κ3) is 6.72. The number of hydrogen-bond donors (Lipinski definition) is 1. The van der Waals surface area contributed by atoms with E-state index in [4.69, 9.17) is 4.74 Å². The first-order chi connectivity index (χ1) is 13.1. The van der Waals surface area contributed by atoms with Crippen LogP contribution < -0.4 is 10.2 Å². The summed E-state index contributed by atoms with van der Waals surface area (Å²) in [5.74, 6) is 0.488. The quantitative estimate of drug-likeness (QED) is 0.253. The smallest absolute Gasteiger partial charge is 0.193 e. The molecular formula is C20H31F2IN4O. The summed E-state index contributed by atoms with van der Waals surface area (Å²) < 4.78 is 32.3. The number of guanidine groups is 1. The minimum absolute atomic E-state index is 0. The maximum atomic E-state index is 13.4. The Morgan fingerprint density at radius 3 is 2.71 bits per heavy atom. The number of benzene rings is 1. The van der Waals surface area contributed by atoms with Crippen LogP contribution in [0.5, 0.6) is 0 Å². The molecule has 1 saturated heterocycles. The molecule has 28 heavy (non-hydrogen) atoms. The van der Waals surface area contributed by atoms with Gasteiger partial charge in [-0.3, -0.25) is 4.99 Å². The van der Waals surface area contributed by atoms with Crippen LogP contribution >= 0.6 is 24.0 Å². The third-order valence-corrected chi connectivity index (χ3v) is 5.30. The molecule has 2 fully saturated rings. The minimum atomic E-state index is -0.802. The molecule has 2 aliphatic rings. The molecule has 3 rings (SSSR count). The molecule has 5 nitrogen and oxygen atoms in total. The Bertz CT molecular complexity index is 657. The first-order valence-electron chi connectivity index (χ1n) is 9.76. The normalized spacial score (nSPS) is 19.5. The molecule has 1 saturated carbocycles. The predicted molar refractivity (Wildman–Crippen MR) is 120 cm³/mol. The van der Waals surface area contributed by atoms with Crippen LogP contribution in [-0.2, 0) is 4.74 Å². The Morgan fingerprint density at radius 2 is 2.04 bits per heavy atom. The van der Waals surface area contributed by atoms with Gasteiger partial charge >= 0.3 is 0 Å². The standard InChI is InChI=1S/C20H30F2N4O.HI/c1-23-20(25(2)9-10-27-14-15-3-4-15)24-12-16-7-8-26(13-16)17-5-6-18(21)19(22)11-17;/h5-6,11,15-16H,3-4,7-10,12-14H2,1-2H3,(H,23,24);1H. The van der Waals surface area contributed by atoms with Crippen molar-refractivity contribution in [2.75, 3.05) is 58.4 Å². The van der Waals surface area contributed by atoms with Crippen molar-refractivity contribution in [1.29, 1.82) is 0 Å². The molecule has 1 atom stereocenters. The zero-order chi connectivity index (χ0) is 19.2. The van der Waals surface area contributed by atoms with E-state index in [9.17, 15) is 8.78 Å². The molecule has 8 heteroatoms. The van der Waals surface area contributed by atoms with Gasteiger partial charge in [0.1, 0.15) is 0 Å². The molecule has 0 radical (unpaired) electrons. The van der Waals surface area contributed by atoms with Gasteiger partial charge in [0.05, 0.1) is 6.61 Å². The zero-order valence-electron chi connectivity index (χ0n) is 16.7. The van der Waals surface area contributed by atoms with Gasteiger partial charge in [-0.1, -0.05) is 0 Å². The fraction of sp³-hybridized carbons (Fsp3) is 0.650. The van der Waals surface area contributed by atoms with E-state index in [-0.39, 0.29) is 24.0 Å². The van der Waals surface area contributed by atoms with Gasteiger partial charge in [-0.2, -0.15) is 0 Å². The van der Waals surface area contributed by atoms with Crippen molar-refractivity contribution in [3.63, 3.8) is 0 Å². The SMILES string of the molecule is CN=C(NCC1CCN(c2ccc(F)c(F)c2)C1)N(C)CCOCC1CC1.I. The number of likely N-dealkylation sites (N-methyl/N-ethyl adjacent to an activating group) is 1. The monoisotopic (exact) mass is 508 g/mol. The summed E-state index contributed by atoms with van der Waals surface area (Å²) in [7, 11) is 3.80. The number of rotatable bonds is 8. The predicted octanol–water partition coefficient (Wildman–Crippen LogP) is 3.34. The molecule has 158 valence electrons. The summed E-state index contributed by atoms with van der Waals surface area (Å²) in [6, 6.07) is 4.11. The average molecular weight is 508 g/mol. The molecule has 1 aliphatic carbocycles. The number of hydrogen-bond acceptors (Lipinski definition) is 3. The van der Waals surface area contributed by atoms with Crippen LogP contribution in [0.4, 0.5) is 14.5 Å². The Balaban J connectivity index is 0.00000280. The largest absolute Gasteiger partial charge is 0.379 e. The van der Waals surface area contributed by atoms with Crippen LogP contribution in [0, 0.1) is 23.5 Å². The highest BCUT2D eigenvalue weighted by molar-refractivity contribution is 14.0. The van der Waals surface area contributed by atoms with Gasteiger partial charge in [-0.05, 0) is 43.2 Å². The van der Waals surface area contributed by atoms with E-state index >= 15 is 0 Å². The molecule has 0 amide bonds. The lowest BCUT2D eigenvalue weighted by Gasteiger charge is -2.24. The fourth-order valence-corrected chi connectivity index (χ4v) is 3.38. The second-order valence-corrected chi connectivity index (χ2v) is 7.57. The minimum Gasteiger partial charge on any atom is -0.379 e. The average Bonchev–Trinajstić information content (AvgIpc) is 3.37. The number of anilines is 1. The van der Waals surface area contributed by atoms with Crippen molar-refractivity contribution in [2.45, 2.75) is 19.3 Å². The van der Waals surface area contributed by atoms with Crippen molar-refractivity contribution in [3.05, 3.63) is 29.8 Å². The van der Waals surface area contributed by atoms with Crippen LogP contribution in [0.3, 0.4) is 0 Å². The summed E-state index contributed by atoms with van der Waals surface area (Å²) in [4.78, 5) is 8.53. The number of nitrogens with zero attached hydrogens (tertiary/aromatic N) is 3. The number of halogens is 3. The zero-order valence-corrected chi connectivity index (χ0v) is 19.0. The molecule has 1 unspecified atom stereocenters. The summed E-state index contributed by atoms with van der Waals surface area (Å²) in [5.41, 5.74) is 0.741. The first kappa shape index (κ1) is 23.1. The Hall–Kier alpha value is -1.16. The second-order valence-electron chi connectivity index (χ2n) is 7.57. The maximum Gasteiger partial charge on any atom is 0.193 e. The maximum absolute atomic E-state index is 13.4. The van der Waals surface area contributed by atoms with Gasteiger partial charge in [-0.15, -0.1) is 24.0 Å². The summed E-state index contributed by atoms with van der Waals surface area (Å²) >= 11 is 0. The highest BCUT2D eigenvalue weighted by Crippen LogP contribution is 2.28. The lowest BCUT2D eigenvalue weighted by molar-refractivity contribution is 0.115. The Labute approximate surface area is 183 Å². The lowest BCUT2D eigenvalue weighted by atomic mass is 10.1. The molecular weight excluding hydrogens is 477 g/mol. The second kappa shape index (κ2) is 11.1. The highest BCUT2D eigenvalue weighted by atomic mass is 127. The Morgan fingerprint density at radius 1 is 1.25 bits per heavy atom. The highest BCUT2D eigenvalue weighted by Gasteiger charge is 2.24. The molecule has 1 aromatic rings. The van der Waals surface area contributed by atoms with Crippen molar-refractivity contribution >= 4 is 35.6 Å². The van der Waals surface area contributed by atoms with E-state index in [2.05, 4.69) is 20.1 Å². The van der Waals surface area contributed by atoms with E-state index in [1.807, 2.05) is 7.05 Å². The van der Waals surface area contributed by atoms with E-state index in [1.54, 1.807) is 13.1 Å². The van der Waals surface area contributed by atoms with E-state index < -0.39 is 11.6 Å². The van der Waals surface area contributed by atoms with Crippen LogP contribution in [0.1, 0.15) is 19.3 Å². The van der Waals surface area contributed by atoms with Crippen molar-refractivity contribution < 1.29 is 13.5 Å². The van der Waals surface area contributed by atoms with Crippen LogP contribution in [0.25, 0.3) is 0 Å². The van der Waals surface area contributed by atoms with Gasteiger partial charge in [0.2, 0.25) is 0 Å². The van der Waals surface area contributed by atoms with Gasteiger partial charge in [0.15, 0.2) is 17.6 Å². The van der Waals surface area contributed by atoms with Crippen molar-refractivity contribution in [1.82, 2.24) is 10.2 Å². The van der Waals surface area contributed by atoms with Gasteiger partial charge in [0.25, 0.3) is 0 Å². The summed E-state index contributed by atoms with van der Waals surface area (Å²) in [6.07, 6.45) is 3.63. The lowest BCUT2D eigenvalue weighted by Crippen LogP contribution is -2.42. The summed E-state index contributed by atoms with van der Waals surface area (Å²) in [6.45, 7) is 4.87. The van der Waals surface area contributed by atoms with E-state index in [0.29, 0.717) is 12.5 Å². The van der Waals surface area contributed by atoms with Gasteiger partial charge < -0.3 is 19.9 Å². The van der Waals surface area contributed by atoms with E-state index in [0.717, 1.165) is 56.8 Å². The van der Waals surface area contributed by atoms with Crippen molar-refractivity contribution in [3.8, 4) is 0 Å². The molecule has 1 heterocycles. The molecule has 1 N–H and O–H groups in total. The molecule has 1 aromatic carbocycles. The van der Waals surface area contributed by atoms with Crippen molar-refractivity contribution in [2.24, 2.45) is 16.8 Å². The van der Waals surface area contributed by atoms with Gasteiger partial charge in [-0.25, -0.2) is 8.78 Å². The number of nitrogens with one attached hydrogen (secondary N) is 1. The molecule has 0 bridgehead atoms.